The van der Waals surface area contributed by atoms with Crippen LogP contribution in [0.25, 0.3) is 0 Å². The van der Waals surface area contributed by atoms with E-state index in [2.05, 4.69) is 48.1 Å². The Balaban J connectivity index is 1.84. The van der Waals surface area contributed by atoms with Crippen LogP contribution in [-0.4, -0.2) is 36.8 Å². The van der Waals surface area contributed by atoms with Crippen LogP contribution in [0.5, 0.6) is 0 Å². The molecular weight excluding hydrogens is 238 g/mol. The van der Waals surface area contributed by atoms with E-state index in [1.807, 2.05) is 6.20 Å². The van der Waals surface area contributed by atoms with Gasteiger partial charge in [0.1, 0.15) is 5.82 Å². The van der Waals surface area contributed by atoms with Gasteiger partial charge in [0.25, 0.3) is 0 Å². The van der Waals surface area contributed by atoms with Gasteiger partial charge >= 0.3 is 0 Å². The van der Waals surface area contributed by atoms with Gasteiger partial charge < -0.3 is 15.0 Å². The van der Waals surface area contributed by atoms with Crippen molar-refractivity contribution < 1.29 is 4.74 Å². The van der Waals surface area contributed by atoms with Crippen LogP contribution >= 0.6 is 0 Å². The van der Waals surface area contributed by atoms with Gasteiger partial charge in [0.15, 0.2) is 0 Å². The van der Waals surface area contributed by atoms with Crippen molar-refractivity contribution in [2.45, 2.75) is 45.8 Å². The molecule has 1 aliphatic heterocycles. The fourth-order valence-corrected chi connectivity index (χ4v) is 2.49. The Hall–Kier alpha value is -1.29. The molecule has 1 N–H and O–H groups in total. The highest BCUT2D eigenvalue weighted by Crippen LogP contribution is 2.20. The number of hydrogen-bond donors (Lipinski definition) is 1. The molecule has 1 aromatic heterocycles. The Bertz CT molecular complexity index is 375. The number of aromatic nitrogens is 1. The molecule has 0 amide bonds. The van der Waals surface area contributed by atoms with Gasteiger partial charge in [-0.15, -0.1) is 0 Å². The predicted molar refractivity (Wildman–Crippen MR) is 79.9 cm³/mol. The molecule has 1 fully saturated rings. The summed E-state index contributed by atoms with van der Waals surface area (Å²) < 4.78 is 5.79. The Morgan fingerprint density at radius 3 is 2.63 bits per heavy atom. The minimum absolute atomic E-state index is 0.345. The molecule has 2 heterocycles. The second-order valence-electron chi connectivity index (χ2n) is 5.10. The smallest absolute Gasteiger partial charge is 0.128 e. The monoisotopic (exact) mass is 263 g/mol. The van der Waals surface area contributed by atoms with E-state index in [1.165, 1.54) is 6.42 Å². The fourth-order valence-electron chi connectivity index (χ4n) is 2.49. The third kappa shape index (κ3) is 3.83. The maximum Gasteiger partial charge on any atom is 0.128 e. The molecular formula is C15H25N3O. The van der Waals surface area contributed by atoms with Gasteiger partial charge in [0.2, 0.25) is 0 Å². The average molecular weight is 263 g/mol. The molecule has 0 radical (unpaired) electrons. The quantitative estimate of drug-likeness (QED) is 0.856. The minimum Gasteiger partial charge on any atom is -0.381 e. The van der Waals surface area contributed by atoms with Crippen molar-refractivity contribution in [1.29, 1.82) is 0 Å². The van der Waals surface area contributed by atoms with Gasteiger partial charge in [-0.1, -0.05) is 0 Å². The van der Waals surface area contributed by atoms with E-state index in [1.54, 1.807) is 0 Å². The molecule has 2 rings (SSSR count). The molecule has 19 heavy (non-hydrogen) atoms. The van der Waals surface area contributed by atoms with Crippen molar-refractivity contribution in [3.05, 3.63) is 18.3 Å². The number of rotatable bonds is 6. The van der Waals surface area contributed by atoms with Gasteiger partial charge in [-0.3, -0.25) is 0 Å². The first kappa shape index (κ1) is 14.1. The summed E-state index contributed by atoms with van der Waals surface area (Å²) in [6.07, 6.45) is 4.99. The highest BCUT2D eigenvalue weighted by molar-refractivity contribution is 5.48. The fraction of sp³-hybridized carbons (Fsp3) is 0.667. The van der Waals surface area contributed by atoms with Gasteiger partial charge in [0.05, 0.1) is 24.1 Å². The van der Waals surface area contributed by atoms with Gasteiger partial charge in [-0.25, -0.2) is 4.98 Å². The maximum atomic E-state index is 5.79. The molecule has 2 unspecified atom stereocenters. The molecule has 0 saturated carbocycles. The maximum absolute atomic E-state index is 5.79. The van der Waals surface area contributed by atoms with Crippen LogP contribution in [-0.2, 0) is 4.74 Å². The summed E-state index contributed by atoms with van der Waals surface area (Å²) in [6, 6.07) is 4.17. The molecule has 106 valence electrons. The zero-order chi connectivity index (χ0) is 13.7. The third-order valence-corrected chi connectivity index (χ3v) is 3.69. The number of nitrogens with zero attached hydrogens (tertiary/aromatic N) is 2. The highest BCUT2D eigenvalue weighted by Gasteiger charge is 2.21. The Morgan fingerprint density at radius 1 is 1.32 bits per heavy atom. The second-order valence-corrected chi connectivity index (χ2v) is 5.10. The van der Waals surface area contributed by atoms with Crippen LogP contribution in [0.4, 0.5) is 11.5 Å². The summed E-state index contributed by atoms with van der Waals surface area (Å²) in [7, 11) is 0. The molecule has 0 bridgehead atoms. The van der Waals surface area contributed by atoms with Crippen molar-refractivity contribution in [2.75, 3.05) is 29.9 Å². The van der Waals surface area contributed by atoms with E-state index in [0.717, 1.165) is 37.6 Å². The van der Waals surface area contributed by atoms with Crippen molar-refractivity contribution in [3.63, 3.8) is 0 Å². The molecule has 1 aliphatic rings. The largest absolute Gasteiger partial charge is 0.381 e. The summed E-state index contributed by atoms with van der Waals surface area (Å²) >= 11 is 0. The topological polar surface area (TPSA) is 37.4 Å². The Kier molecular flexibility index (Phi) is 5.02. The van der Waals surface area contributed by atoms with Crippen LogP contribution in [0, 0.1) is 0 Å². The van der Waals surface area contributed by atoms with Crippen molar-refractivity contribution in [2.24, 2.45) is 0 Å². The van der Waals surface area contributed by atoms with Gasteiger partial charge in [0, 0.05) is 19.6 Å². The summed E-state index contributed by atoms with van der Waals surface area (Å²) in [5, 5.41) is 3.40. The molecule has 4 nitrogen and oxygen atoms in total. The molecule has 2 atom stereocenters. The predicted octanol–water partition coefficient (Wildman–Crippen LogP) is 2.91. The summed E-state index contributed by atoms with van der Waals surface area (Å²) in [5.41, 5.74) is 1.07. The van der Waals surface area contributed by atoms with E-state index in [0.29, 0.717) is 12.2 Å². The van der Waals surface area contributed by atoms with E-state index >= 15 is 0 Å². The van der Waals surface area contributed by atoms with E-state index in [4.69, 9.17) is 4.74 Å². The lowest BCUT2D eigenvalue weighted by molar-refractivity contribution is 0.0637. The number of anilines is 2. The number of nitrogens with one attached hydrogen (secondary N) is 1. The van der Waals surface area contributed by atoms with Gasteiger partial charge in [-0.05, 0) is 45.7 Å². The van der Waals surface area contributed by atoms with Gasteiger partial charge in [-0.2, -0.15) is 0 Å². The third-order valence-electron chi connectivity index (χ3n) is 3.69. The van der Waals surface area contributed by atoms with Crippen molar-refractivity contribution >= 4 is 11.5 Å². The number of hydrogen-bond acceptors (Lipinski definition) is 4. The zero-order valence-corrected chi connectivity index (χ0v) is 12.2. The normalized spacial score (nSPS) is 22.5. The van der Waals surface area contributed by atoms with Crippen molar-refractivity contribution in [3.8, 4) is 0 Å². The molecule has 0 spiro atoms. The second kappa shape index (κ2) is 6.75. The summed E-state index contributed by atoms with van der Waals surface area (Å²) in [6.45, 7) is 9.29. The molecule has 4 heteroatoms. The first-order chi connectivity index (χ1) is 9.22. The zero-order valence-electron chi connectivity index (χ0n) is 12.2. The van der Waals surface area contributed by atoms with Crippen LogP contribution in [0.2, 0.25) is 0 Å². The van der Waals surface area contributed by atoms with E-state index < -0.39 is 0 Å². The Labute approximate surface area is 116 Å². The first-order valence-electron chi connectivity index (χ1n) is 7.33. The van der Waals surface area contributed by atoms with Crippen LogP contribution < -0.4 is 10.2 Å². The molecule has 0 aromatic carbocycles. The van der Waals surface area contributed by atoms with Crippen LogP contribution in [0.3, 0.4) is 0 Å². The van der Waals surface area contributed by atoms with Crippen LogP contribution in [0.15, 0.2) is 18.3 Å². The lowest BCUT2D eigenvalue weighted by atomic mass is 10.2. The standard InChI is InChI=1S/C15H25N3O/c1-4-18(5-2)15-9-7-13(10-17-15)16-11-14-8-6-12(3)19-14/h7,9-10,12,14,16H,4-6,8,11H2,1-3H3. The highest BCUT2D eigenvalue weighted by atomic mass is 16.5. The number of pyridine rings is 1. The first-order valence-corrected chi connectivity index (χ1v) is 7.33. The Morgan fingerprint density at radius 2 is 2.11 bits per heavy atom. The summed E-state index contributed by atoms with van der Waals surface area (Å²) in [4.78, 5) is 6.75. The average Bonchev–Trinajstić information content (AvgIpc) is 2.85. The molecule has 1 saturated heterocycles. The molecule has 1 aromatic rings. The van der Waals surface area contributed by atoms with E-state index in [9.17, 15) is 0 Å². The SMILES string of the molecule is CCN(CC)c1ccc(NCC2CCC(C)O2)cn1. The lowest BCUT2D eigenvalue weighted by Crippen LogP contribution is -2.23. The van der Waals surface area contributed by atoms with E-state index in [-0.39, 0.29) is 0 Å². The van der Waals surface area contributed by atoms with Crippen molar-refractivity contribution in [1.82, 2.24) is 4.98 Å². The minimum atomic E-state index is 0.345. The van der Waals surface area contributed by atoms with Crippen LogP contribution in [0.1, 0.15) is 33.6 Å². The number of ether oxygens (including phenoxy) is 1. The lowest BCUT2D eigenvalue weighted by Gasteiger charge is -2.20. The molecule has 0 aliphatic carbocycles. The summed E-state index contributed by atoms with van der Waals surface area (Å²) in [5.74, 6) is 1.04.